The van der Waals surface area contributed by atoms with Gasteiger partial charge in [-0.1, -0.05) is 0 Å². The standard InChI is InChI=1S/C13H25N3O3/c1-10(5-4-6-12(17)18)14-13(19)16-8-7-11(9-16)15(2)3/h10-11H,4-9H2,1-3H3,(H,14,19)(H,17,18). The zero-order valence-corrected chi connectivity index (χ0v) is 12.1. The Kier molecular flexibility index (Phi) is 6.08. The summed E-state index contributed by atoms with van der Waals surface area (Å²) in [5, 5.41) is 11.5. The van der Waals surface area contributed by atoms with E-state index in [-0.39, 0.29) is 18.5 Å². The van der Waals surface area contributed by atoms with E-state index in [1.807, 2.05) is 25.9 Å². The fraction of sp³-hybridized carbons (Fsp3) is 0.846. The Bertz CT molecular complexity index is 320. The molecule has 1 aliphatic heterocycles. The van der Waals surface area contributed by atoms with Crippen LogP contribution in [0.2, 0.25) is 0 Å². The molecule has 1 heterocycles. The maximum absolute atomic E-state index is 12.0. The third kappa shape index (κ3) is 5.46. The Balaban J connectivity index is 2.25. The molecule has 2 unspecified atom stereocenters. The largest absolute Gasteiger partial charge is 0.481 e. The number of carbonyl (C=O) groups excluding carboxylic acids is 1. The fourth-order valence-corrected chi connectivity index (χ4v) is 2.28. The van der Waals surface area contributed by atoms with Gasteiger partial charge >= 0.3 is 12.0 Å². The highest BCUT2D eigenvalue weighted by molar-refractivity contribution is 5.74. The molecule has 110 valence electrons. The van der Waals surface area contributed by atoms with Crippen molar-refractivity contribution in [2.24, 2.45) is 0 Å². The number of rotatable bonds is 6. The summed E-state index contributed by atoms with van der Waals surface area (Å²) in [5.74, 6) is -0.785. The summed E-state index contributed by atoms with van der Waals surface area (Å²) < 4.78 is 0. The molecule has 6 nitrogen and oxygen atoms in total. The summed E-state index contributed by atoms with van der Waals surface area (Å²) in [6, 6.07) is 0.422. The quantitative estimate of drug-likeness (QED) is 0.755. The second-order valence-electron chi connectivity index (χ2n) is 5.49. The summed E-state index contributed by atoms with van der Waals surface area (Å²) in [5.41, 5.74) is 0. The van der Waals surface area contributed by atoms with E-state index in [0.29, 0.717) is 18.9 Å². The van der Waals surface area contributed by atoms with Gasteiger partial charge in [0, 0.05) is 31.6 Å². The Labute approximate surface area is 114 Å². The molecule has 0 bridgehead atoms. The first-order chi connectivity index (χ1) is 8.90. The van der Waals surface area contributed by atoms with Gasteiger partial charge < -0.3 is 20.2 Å². The molecule has 0 radical (unpaired) electrons. The van der Waals surface area contributed by atoms with Crippen molar-refractivity contribution >= 4 is 12.0 Å². The van der Waals surface area contributed by atoms with E-state index < -0.39 is 5.97 Å². The lowest BCUT2D eigenvalue weighted by atomic mass is 10.1. The van der Waals surface area contributed by atoms with Gasteiger partial charge in [0.2, 0.25) is 0 Å². The number of hydrogen-bond acceptors (Lipinski definition) is 3. The Morgan fingerprint density at radius 2 is 2.16 bits per heavy atom. The van der Waals surface area contributed by atoms with E-state index in [2.05, 4.69) is 10.2 Å². The summed E-state index contributed by atoms with van der Waals surface area (Å²) in [6.07, 6.45) is 2.46. The number of urea groups is 1. The van der Waals surface area contributed by atoms with Gasteiger partial charge in [0.15, 0.2) is 0 Å². The first-order valence-corrected chi connectivity index (χ1v) is 6.83. The van der Waals surface area contributed by atoms with Crippen LogP contribution in [0.4, 0.5) is 4.79 Å². The first-order valence-electron chi connectivity index (χ1n) is 6.83. The normalized spacial score (nSPS) is 20.6. The number of carboxylic acid groups (broad SMARTS) is 1. The highest BCUT2D eigenvalue weighted by Gasteiger charge is 2.27. The van der Waals surface area contributed by atoms with Gasteiger partial charge in [-0.15, -0.1) is 0 Å². The molecular formula is C13H25N3O3. The van der Waals surface area contributed by atoms with Crippen LogP contribution in [0.5, 0.6) is 0 Å². The van der Waals surface area contributed by atoms with E-state index in [9.17, 15) is 9.59 Å². The molecule has 0 spiro atoms. The molecule has 2 atom stereocenters. The Morgan fingerprint density at radius 1 is 1.47 bits per heavy atom. The number of likely N-dealkylation sites (tertiary alicyclic amines) is 1. The molecule has 0 aromatic heterocycles. The number of aliphatic carboxylic acids is 1. The maximum atomic E-state index is 12.0. The van der Waals surface area contributed by atoms with Crippen LogP contribution in [0.1, 0.15) is 32.6 Å². The molecule has 1 saturated heterocycles. The monoisotopic (exact) mass is 271 g/mol. The SMILES string of the molecule is CC(CCCC(=O)O)NC(=O)N1CCC(N(C)C)C1. The van der Waals surface area contributed by atoms with Crippen molar-refractivity contribution < 1.29 is 14.7 Å². The summed E-state index contributed by atoms with van der Waals surface area (Å²) >= 11 is 0. The maximum Gasteiger partial charge on any atom is 0.317 e. The number of carbonyl (C=O) groups is 2. The number of nitrogens with zero attached hydrogens (tertiary/aromatic N) is 2. The minimum absolute atomic E-state index is 0.0188. The van der Waals surface area contributed by atoms with Crippen LogP contribution >= 0.6 is 0 Å². The summed E-state index contributed by atoms with van der Waals surface area (Å²) in [4.78, 5) is 26.4. The zero-order chi connectivity index (χ0) is 14.4. The van der Waals surface area contributed by atoms with Crippen molar-refractivity contribution in [3.05, 3.63) is 0 Å². The minimum Gasteiger partial charge on any atom is -0.481 e. The van der Waals surface area contributed by atoms with E-state index in [1.54, 1.807) is 0 Å². The molecule has 2 amide bonds. The number of likely N-dealkylation sites (N-methyl/N-ethyl adjacent to an activating group) is 1. The highest BCUT2D eigenvalue weighted by Crippen LogP contribution is 2.13. The van der Waals surface area contributed by atoms with Crippen LogP contribution in [0.15, 0.2) is 0 Å². The van der Waals surface area contributed by atoms with Gasteiger partial charge in [0.1, 0.15) is 0 Å². The third-order valence-electron chi connectivity index (χ3n) is 3.58. The van der Waals surface area contributed by atoms with Crippen LogP contribution in [-0.4, -0.2) is 66.2 Å². The average Bonchev–Trinajstić information content (AvgIpc) is 2.77. The zero-order valence-electron chi connectivity index (χ0n) is 12.1. The van der Waals surface area contributed by atoms with Gasteiger partial charge in [-0.3, -0.25) is 4.79 Å². The first kappa shape index (κ1) is 15.8. The molecule has 0 aromatic carbocycles. The van der Waals surface area contributed by atoms with Gasteiger partial charge in [0.25, 0.3) is 0 Å². The highest BCUT2D eigenvalue weighted by atomic mass is 16.4. The predicted octanol–water partition coefficient (Wildman–Crippen LogP) is 0.975. The molecule has 1 aliphatic rings. The fourth-order valence-electron chi connectivity index (χ4n) is 2.28. The van der Waals surface area contributed by atoms with E-state index in [1.165, 1.54) is 0 Å². The Hall–Kier alpha value is -1.30. The predicted molar refractivity (Wildman–Crippen MR) is 73.1 cm³/mol. The van der Waals surface area contributed by atoms with E-state index in [0.717, 1.165) is 19.5 Å². The Morgan fingerprint density at radius 3 is 2.68 bits per heavy atom. The van der Waals surface area contributed by atoms with Crippen LogP contribution in [0.3, 0.4) is 0 Å². The van der Waals surface area contributed by atoms with Crippen LogP contribution in [0.25, 0.3) is 0 Å². The van der Waals surface area contributed by atoms with Crippen LogP contribution in [0, 0.1) is 0 Å². The van der Waals surface area contributed by atoms with E-state index in [4.69, 9.17) is 5.11 Å². The molecule has 2 N–H and O–H groups in total. The molecule has 19 heavy (non-hydrogen) atoms. The van der Waals surface area contributed by atoms with Gasteiger partial charge in [0.05, 0.1) is 0 Å². The number of nitrogens with one attached hydrogen (secondary N) is 1. The van der Waals surface area contributed by atoms with Crippen LogP contribution < -0.4 is 5.32 Å². The molecule has 0 aromatic rings. The molecule has 0 saturated carbocycles. The average molecular weight is 271 g/mol. The van der Waals surface area contributed by atoms with Crippen molar-refractivity contribution in [1.82, 2.24) is 15.1 Å². The molecule has 1 fully saturated rings. The second kappa shape index (κ2) is 7.33. The van der Waals surface area contributed by atoms with Crippen molar-refractivity contribution in [2.45, 2.75) is 44.7 Å². The van der Waals surface area contributed by atoms with Crippen LogP contribution in [-0.2, 0) is 4.79 Å². The lowest BCUT2D eigenvalue weighted by Gasteiger charge is -2.22. The number of amides is 2. The smallest absolute Gasteiger partial charge is 0.317 e. The van der Waals surface area contributed by atoms with Crippen molar-refractivity contribution in [2.75, 3.05) is 27.2 Å². The molecule has 1 rings (SSSR count). The number of hydrogen-bond donors (Lipinski definition) is 2. The third-order valence-corrected chi connectivity index (χ3v) is 3.58. The second-order valence-corrected chi connectivity index (χ2v) is 5.49. The molecule has 6 heteroatoms. The van der Waals surface area contributed by atoms with E-state index >= 15 is 0 Å². The minimum atomic E-state index is -0.785. The molecular weight excluding hydrogens is 246 g/mol. The lowest BCUT2D eigenvalue weighted by Crippen LogP contribution is -2.44. The topological polar surface area (TPSA) is 72.9 Å². The summed E-state index contributed by atoms with van der Waals surface area (Å²) in [7, 11) is 4.06. The lowest BCUT2D eigenvalue weighted by molar-refractivity contribution is -0.137. The van der Waals surface area contributed by atoms with Gasteiger partial charge in [-0.2, -0.15) is 0 Å². The van der Waals surface area contributed by atoms with Crippen molar-refractivity contribution in [3.63, 3.8) is 0 Å². The number of carboxylic acids is 1. The molecule has 0 aliphatic carbocycles. The van der Waals surface area contributed by atoms with Crippen molar-refractivity contribution in [1.29, 1.82) is 0 Å². The summed E-state index contributed by atoms with van der Waals surface area (Å²) in [6.45, 7) is 3.47. The van der Waals surface area contributed by atoms with Gasteiger partial charge in [-0.05, 0) is 40.3 Å². The van der Waals surface area contributed by atoms with Gasteiger partial charge in [-0.25, -0.2) is 4.79 Å². The van der Waals surface area contributed by atoms with Crippen molar-refractivity contribution in [3.8, 4) is 0 Å².